The fourth-order valence-electron chi connectivity index (χ4n) is 2.89. The molecule has 1 aliphatic heterocycles. The molecule has 3 rings (SSSR count). The summed E-state index contributed by atoms with van der Waals surface area (Å²) in [5, 5.41) is 9.17. The molecular formula is C17H18N2O2. The van der Waals surface area contributed by atoms with Gasteiger partial charge in [-0.15, -0.1) is 0 Å². The Labute approximate surface area is 123 Å². The van der Waals surface area contributed by atoms with Crippen molar-refractivity contribution in [3.63, 3.8) is 0 Å². The summed E-state index contributed by atoms with van der Waals surface area (Å²) in [5.41, 5.74) is 11.4. The predicted octanol–water partition coefficient (Wildman–Crippen LogP) is 3.36. The Morgan fingerprint density at radius 3 is 2.76 bits per heavy atom. The van der Waals surface area contributed by atoms with Crippen LogP contribution in [0, 0.1) is 6.92 Å². The van der Waals surface area contributed by atoms with Crippen LogP contribution in [0.4, 0.5) is 17.1 Å². The molecule has 1 heterocycles. The van der Waals surface area contributed by atoms with Gasteiger partial charge < -0.3 is 15.7 Å². The quantitative estimate of drug-likeness (QED) is 0.829. The van der Waals surface area contributed by atoms with E-state index in [1.54, 1.807) is 18.2 Å². The zero-order valence-electron chi connectivity index (χ0n) is 12.0. The Balaban J connectivity index is 2.10. The maximum Gasteiger partial charge on any atom is 0.335 e. The van der Waals surface area contributed by atoms with Crippen LogP contribution in [0.5, 0.6) is 0 Å². The van der Waals surface area contributed by atoms with Gasteiger partial charge in [-0.3, -0.25) is 0 Å². The summed E-state index contributed by atoms with van der Waals surface area (Å²) in [4.78, 5) is 13.3. The van der Waals surface area contributed by atoms with Crippen molar-refractivity contribution in [3.8, 4) is 0 Å². The van der Waals surface area contributed by atoms with Crippen molar-refractivity contribution >= 4 is 23.0 Å². The van der Waals surface area contributed by atoms with Crippen LogP contribution in [0.15, 0.2) is 36.4 Å². The topological polar surface area (TPSA) is 66.6 Å². The average Bonchev–Trinajstić information content (AvgIpc) is 2.46. The largest absolute Gasteiger partial charge is 0.478 e. The summed E-state index contributed by atoms with van der Waals surface area (Å²) < 4.78 is 0. The van der Waals surface area contributed by atoms with Crippen LogP contribution in [0.3, 0.4) is 0 Å². The maximum atomic E-state index is 11.2. The minimum atomic E-state index is -0.933. The normalized spacial score (nSPS) is 13.9. The van der Waals surface area contributed by atoms with Crippen molar-refractivity contribution in [2.45, 2.75) is 19.8 Å². The first-order valence-electron chi connectivity index (χ1n) is 7.06. The molecule has 2 aromatic rings. The molecule has 0 atom stereocenters. The number of rotatable bonds is 2. The molecule has 4 nitrogen and oxygen atoms in total. The van der Waals surface area contributed by atoms with Crippen LogP contribution in [-0.4, -0.2) is 17.6 Å². The van der Waals surface area contributed by atoms with E-state index >= 15 is 0 Å². The third-order valence-corrected chi connectivity index (χ3v) is 3.92. The van der Waals surface area contributed by atoms with Gasteiger partial charge in [0.2, 0.25) is 0 Å². The van der Waals surface area contributed by atoms with Crippen molar-refractivity contribution in [2.75, 3.05) is 17.2 Å². The molecule has 0 aromatic heterocycles. The van der Waals surface area contributed by atoms with E-state index in [0.717, 1.165) is 30.8 Å². The second-order valence-corrected chi connectivity index (χ2v) is 5.47. The van der Waals surface area contributed by atoms with E-state index in [0.29, 0.717) is 5.69 Å². The average molecular weight is 282 g/mol. The van der Waals surface area contributed by atoms with E-state index in [1.165, 1.54) is 11.1 Å². The van der Waals surface area contributed by atoms with E-state index in [4.69, 9.17) is 5.73 Å². The number of hydrogen-bond donors (Lipinski definition) is 2. The van der Waals surface area contributed by atoms with E-state index in [9.17, 15) is 9.90 Å². The molecule has 4 heteroatoms. The molecular weight excluding hydrogens is 264 g/mol. The number of anilines is 3. The molecule has 0 saturated carbocycles. The Bertz CT molecular complexity index is 710. The lowest BCUT2D eigenvalue weighted by atomic mass is 9.98. The highest BCUT2D eigenvalue weighted by Crippen LogP contribution is 2.37. The third-order valence-electron chi connectivity index (χ3n) is 3.92. The van der Waals surface area contributed by atoms with Gasteiger partial charge in [-0.05, 0) is 49.6 Å². The molecule has 108 valence electrons. The molecule has 2 aromatic carbocycles. The number of aromatic carboxylic acids is 1. The smallest absolute Gasteiger partial charge is 0.335 e. The van der Waals surface area contributed by atoms with Crippen LogP contribution in [0.1, 0.15) is 27.9 Å². The van der Waals surface area contributed by atoms with Crippen molar-refractivity contribution in [1.29, 1.82) is 0 Å². The minimum Gasteiger partial charge on any atom is -0.478 e. The Kier molecular flexibility index (Phi) is 3.29. The van der Waals surface area contributed by atoms with Gasteiger partial charge in [-0.1, -0.05) is 17.7 Å². The van der Waals surface area contributed by atoms with Gasteiger partial charge in [0, 0.05) is 12.2 Å². The molecule has 0 unspecified atom stereocenters. The number of aryl methyl sites for hydroxylation is 2. The lowest BCUT2D eigenvalue weighted by molar-refractivity contribution is 0.0697. The summed E-state index contributed by atoms with van der Waals surface area (Å²) >= 11 is 0. The van der Waals surface area contributed by atoms with Crippen LogP contribution in [0.2, 0.25) is 0 Å². The van der Waals surface area contributed by atoms with Crippen molar-refractivity contribution in [1.82, 2.24) is 0 Å². The number of nitrogens with zero attached hydrogens (tertiary/aromatic N) is 1. The molecule has 21 heavy (non-hydrogen) atoms. The number of hydrogen-bond acceptors (Lipinski definition) is 3. The summed E-state index contributed by atoms with van der Waals surface area (Å²) in [6, 6.07) is 11.2. The van der Waals surface area contributed by atoms with E-state index < -0.39 is 5.97 Å². The molecule has 3 N–H and O–H groups in total. The number of benzene rings is 2. The first-order chi connectivity index (χ1) is 10.1. The van der Waals surface area contributed by atoms with Gasteiger partial charge in [0.1, 0.15) is 0 Å². The number of nitrogens with two attached hydrogens (primary N) is 1. The van der Waals surface area contributed by atoms with E-state index in [2.05, 4.69) is 30.0 Å². The monoisotopic (exact) mass is 282 g/mol. The second kappa shape index (κ2) is 5.13. The summed E-state index contributed by atoms with van der Waals surface area (Å²) in [6.07, 6.45) is 2.08. The Morgan fingerprint density at radius 1 is 1.19 bits per heavy atom. The fraction of sp³-hybridized carbons (Fsp3) is 0.235. The SMILES string of the molecule is Cc1ccc2c(c1)CCCN2c1cc(C(=O)O)ccc1N. The Hall–Kier alpha value is -2.49. The number of fused-ring (bicyclic) bond motifs is 1. The minimum absolute atomic E-state index is 0.262. The highest BCUT2D eigenvalue weighted by atomic mass is 16.4. The van der Waals surface area contributed by atoms with Crippen LogP contribution >= 0.6 is 0 Å². The lowest BCUT2D eigenvalue weighted by Crippen LogP contribution is -2.25. The van der Waals surface area contributed by atoms with Gasteiger partial charge >= 0.3 is 5.97 Å². The molecule has 0 saturated heterocycles. The molecule has 1 aliphatic rings. The van der Waals surface area contributed by atoms with E-state index in [-0.39, 0.29) is 5.56 Å². The third kappa shape index (κ3) is 2.44. The first kappa shape index (κ1) is 13.5. The summed E-state index contributed by atoms with van der Waals surface area (Å²) in [5.74, 6) is -0.933. The molecule has 0 amide bonds. The van der Waals surface area contributed by atoms with Crippen molar-refractivity contribution in [2.24, 2.45) is 0 Å². The first-order valence-corrected chi connectivity index (χ1v) is 7.06. The molecule has 0 bridgehead atoms. The number of carboxylic acids is 1. The van der Waals surface area contributed by atoms with Crippen LogP contribution in [-0.2, 0) is 6.42 Å². The standard InChI is InChI=1S/C17H18N2O2/c1-11-4-7-15-12(9-11)3-2-8-19(15)16-10-13(17(20)21)5-6-14(16)18/h4-7,9-10H,2-3,8,18H2,1H3,(H,20,21). The maximum absolute atomic E-state index is 11.2. The van der Waals surface area contributed by atoms with Gasteiger partial charge in [-0.25, -0.2) is 4.79 Å². The Morgan fingerprint density at radius 2 is 2.00 bits per heavy atom. The van der Waals surface area contributed by atoms with Crippen molar-refractivity contribution in [3.05, 3.63) is 53.1 Å². The van der Waals surface area contributed by atoms with Gasteiger partial charge in [0.15, 0.2) is 0 Å². The van der Waals surface area contributed by atoms with Gasteiger partial charge in [0.05, 0.1) is 16.9 Å². The van der Waals surface area contributed by atoms with Crippen LogP contribution in [0.25, 0.3) is 0 Å². The molecule has 0 fully saturated rings. The highest BCUT2D eigenvalue weighted by Gasteiger charge is 2.21. The zero-order valence-corrected chi connectivity index (χ0v) is 12.0. The van der Waals surface area contributed by atoms with Gasteiger partial charge in [0.25, 0.3) is 0 Å². The summed E-state index contributed by atoms with van der Waals surface area (Å²) in [6.45, 7) is 2.93. The molecule has 0 radical (unpaired) electrons. The number of nitrogen functional groups attached to an aromatic ring is 1. The lowest BCUT2D eigenvalue weighted by Gasteiger charge is -2.32. The van der Waals surface area contributed by atoms with Gasteiger partial charge in [-0.2, -0.15) is 0 Å². The zero-order chi connectivity index (χ0) is 15.0. The number of carbonyl (C=O) groups is 1. The van der Waals surface area contributed by atoms with E-state index in [1.807, 2.05) is 0 Å². The summed E-state index contributed by atoms with van der Waals surface area (Å²) in [7, 11) is 0. The molecule has 0 spiro atoms. The number of carboxylic acid groups (broad SMARTS) is 1. The molecule has 0 aliphatic carbocycles. The van der Waals surface area contributed by atoms with Crippen molar-refractivity contribution < 1.29 is 9.90 Å². The second-order valence-electron chi connectivity index (χ2n) is 5.47. The fourth-order valence-corrected chi connectivity index (χ4v) is 2.89. The van der Waals surface area contributed by atoms with Crippen LogP contribution < -0.4 is 10.6 Å². The highest BCUT2D eigenvalue weighted by molar-refractivity contribution is 5.91. The predicted molar refractivity (Wildman–Crippen MR) is 84.3 cm³/mol.